The van der Waals surface area contributed by atoms with Crippen molar-refractivity contribution in [1.82, 2.24) is 0 Å². The molecule has 1 atom stereocenters. The Kier molecular flexibility index (Phi) is 3.84. The lowest BCUT2D eigenvalue weighted by Crippen LogP contribution is -2.41. The van der Waals surface area contributed by atoms with Gasteiger partial charge in [0.2, 0.25) is 5.91 Å². The Bertz CT molecular complexity index is 671. The van der Waals surface area contributed by atoms with Crippen LogP contribution in [0, 0.1) is 0 Å². The zero-order valence-corrected chi connectivity index (χ0v) is 12.6. The van der Waals surface area contributed by atoms with E-state index < -0.39 is 0 Å². The first-order chi connectivity index (χ1) is 10.1. The van der Waals surface area contributed by atoms with Crippen molar-refractivity contribution in [3.63, 3.8) is 0 Å². The number of halogens is 1. The number of para-hydroxylation sites is 1. The molecule has 0 saturated carbocycles. The van der Waals surface area contributed by atoms with Gasteiger partial charge in [0.05, 0.1) is 0 Å². The van der Waals surface area contributed by atoms with E-state index in [0.717, 1.165) is 24.3 Å². The summed E-state index contributed by atoms with van der Waals surface area (Å²) in [6, 6.07) is 15.2. The van der Waals surface area contributed by atoms with E-state index in [2.05, 4.69) is 22.3 Å². The van der Waals surface area contributed by atoms with Crippen molar-refractivity contribution in [1.29, 1.82) is 0 Å². The fraction of sp³-hybridized carbons (Fsp3) is 0.235. The molecule has 1 aliphatic heterocycles. The van der Waals surface area contributed by atoms with E-state index in [4.69, 9.17) is 11.6 Å². The van der Waals surface area contributed by atoms with Crippen LogP contribution in [0.1, 0.15) is 12.5 Å². The third-order valence-corrected chi connectivity index (χ3v) is 4.10. The summed E-state index contributed by atoms with van der Waals surface area (Å²) in [4.78, 5) is 14.6. The zero-order chi connectivity index (χ0) is 14.8. The van der Waals surface area contributed by atoms with Crippen LogP contribution in [0.15, 0.2) is 48.5 Å². The first-order valence-electron chi connectivity index (χ1n) is 7.06. The maximum atomic E-state index is 12.4. The number of anilines is 2. The molecule has 4 heteroatoms. The molecule has 108 valence electrons. The van der Waals surface area contributed by atoms with Gasteiger partial charge in [-0.2, -0.15) is 0 Å². The summed E-state index contributed by atoms with van der Waals surface area (Å²) >= 11 is 5.94. The predicted octanol–water partition coefficient (Wildman–Crippen LogP) is 3.73. The molecule has 0 bridgehead atoms. The number of nitrogens with one attached hydrogen (secondary N) is 1. The molecule has 0 saturated heterocycles. The van der Waals surface area contributed by atoms with Crippen molar-refractivity contribution in [2.24, 2.45) is 0 Å². The summed E-state index contributed by atoms with van der Waals surface area (Å²) < 4.78 is 0. The van der Waals surface area contributed by atoms with E-state index in [1.807, 2.05) is 31.2 Å². The van der Waals surface area contributed by atoms with Crippen molar-refractivity contribution in [3.8, 4) is 0 Å². The number of benzene rings is 2. The molecule has 2 aromatic rings. The van der Waals surface area contributed by atoms with Gasteiger partial charge in [-0.3, -0.25) is 4.79 Å². The molecule has 0 unspecified atom stereocenters. The zero-order valence-electron chi connectivity index (χ0n) is 11.8. The third-order valence-electron chi connectivity index (χ3n) is 3.86. The summed E-state index contributed by atoms with van der Waals surface area (Å²) in [6.07, 6.45) is 0.991. The topological polar surface area (TPSA) is 32.3 Å². The van der Waals surface area contributed by atoms with Gasteiger partial charge >= 0.3 is 0 Å². The van der Waals surface area contributed by atoms with E-state index >= 15 is 0 Å². The molecule has 3 rings (SSSR count). The molecule has 1 amide bonds. The maximum Gasteiger partial charge on any atom is 0.246 e. The minimum Gasteiger partial charge on any atom is -0.359 e. The van der Waals surface area contributed by atoms with E-state index in [1.165, 1.54) is 5.56 Å². The van der Waals surface area contributed by atoms with Crippen LogP contribution in [-0.4, -0.2) is 18.5 Å². The minimum atomic E-state index is -0.215. The number of amides is 1. The standard InChI is InChI=1S/C17H17ClN2O/c1-12(17(21)19-15-7-4-6-14(18)11-15)20-10-9-13-5-2-3-8-16(13)20/h2-8,11-12H,9-10H2,1H3,(H,19,21)/t12-/m1/s1. The van der Waals surface area contributed by atoms with Gasteiger partial charge in [-0.25, -0.2) is 0 Å². The van der Waals surface area contributed by atoms with Gasteiger partial charge in [-0.1, -0.05) is 35.9 Å². The van der Waals surface area contributed by atoms with Crippen molar-refractivity contribution in [3.05, 3.63) is 59.1 Å². The SMILES string of the molecule is C[C@H](C(=O)Nc1cccc(Cl)c1)N1CCc2ccccc21. The van der Waals surface area contributed by atoms with Crippen molar-refractivity contribution >= 4 is 28.9 Å². The molecule has 0 fully saturated rings. The van der Waals surface area contributed by atoms with Crippen LogP contribution >= 0.6 is 11.6 Å². The van der Waals surface area contributed by atoms with Gasteiger partial charge in [0.25, 0.3) is 0 Å². The fourth-order valence-electron chi connectivity index (χ4n) is 2.72. The Morgan fingerprint density at radius 1 is 1.24 bits per heavy atom. The molecule has 1 N–H and O–H groups in total. The number of carbonyl (C=O) groups is 1. The smallest absolute Gasteiger partial charge is 0.246 e. The molecule has 1 heterocycles. The lowest BCUT2D eigenvalue weighted by molar-refractivity contribution is -0.117. The highest BCUT2D eigenvalue weighted by Crippen LogP contribution is 2.29. The van der Waals surface area contributed by atoms with Gasteiger partial charge in [-0.15, -0.1) is 0 Å². The molecule has 2 aromatic carbocycles. The molecule has 3 nitrogen and oxygen atoms in total. The Labute approximate surface area is 129 Å². The Hall–Kier alpha value is -2.00. The Morgan fingerprint density at radius 3 is 2.86 bits per heavy atom. The van der Waals surface area contributed by atoms with Crippen molar-refractivity contribution < 1.29 is 4.79 Å². The minimum absolute atomic E-state index is 0.0195. The lowest BCUT2D eigenvalue weighted by atomic mass is 10.1. The van der Waals surface area contributed by atoms with Gasteiger partial charge < -0.3 is 10.2 Å². The van der Waals surface area contributed by atoms with Gasteiger partial charge in [0.15, 0.2) is 0 Å². The highest BCUT2D eigenvalue weighted by Gasteiger charge is 2.27. The summed E-state index contributed by atoms with van der Waals surface area (Å²) in [5, 5.41) is 3.54. The highest BCUT2D eigenvalue weighted by atomic mass is 35.5. The number of hydrogen-bond acceptors (Lipinski definition) is 2. The first-order valence-corrected chi connectivity index (χ1v) is 7.44. The molecule has 0 aliphatic carbocycles. The van der Waals surface area contributed by atoms with Crippen LogP contribution in [0.2, 0.25) is 5.02 Å². The molecule has 21 heavy (non-hydrogen) atoms. The van der Waals surface area contributed by atoms with Crippen LogP contribution in [-0.2, 0) is 11.2 Å². The summed E-state index contributed by atoms with van der Waals surface area (Å²) in [5.41, 5.74) is 3.19. The number of hydrogen-bond donors (Lipinski definition) is 1. The normalized spacial score (nSPS) is 14.7. The van der Waals surface area contributed by atoms with Crippen LogP contribution in [0.4, 0.5) is 11.4 Å². The number of carbonyl (C=O) groups excluding carboxylic acids is 1. The maximum absolute atomic E-state index is 12.4. The highest BCUT2D eigenvalue weighted by molar-refractivity contribution is 6.30. The Morgan fingerprint density at radius 2 is 2.05 bits per heavy atom. The average molecular weight is 301 g/mol. The van der Waals surface area contributed by atoms with Gasteiger partial charge in [0, 0.05) is 22.9 Å². The molecular weight excluding hydrogens is 284 g/mol. The largest absolute Gasteiger partial charge is 0.359 e. The second-order valence-electron chi connectivity index (χ2n) is 5.25. The van der Waals surface area contributed by atoms with E-state index in [9.17, 15) is 4.79 Å². The number of rotatable bonds is 3. The average Bonchev–Trinajstić information content (AvgIpc) is 2.90. The van der Waals surface area contributed by atoms with Crippen LogP contribution in [0.25, 0.3) is 0 Å². The number of nitrogens with zero attached hydrogens (tertiary/aromatic N) is 1. The van der Waals surface area contributed by atoms with Crippen LogP contribution in [0.3, 0.4) is 0 Å². The number of fused-ring (bicyclic) bond motifs is 1. The second kappa shape index (κ2) is 5.78. The third kappa shape index (κ3) is 2.88. The summed E-state index contributed by atoms with van der Waals surface area (Å²) in [7, 11) is 0. The molecule has 0 radical (unpaired) electrons. The molecule has 0 spiro atoms. The van der Waals surface area contributed by atoms with Gasteiger partial charge in [0.1, 0.15) is 6.04 Å². The molecule has 1 aliphatic rings. The second-order valence-corrected chi connectivity index (χ2v) is 5.68. The first kappa shape index (κ1) is 14.0. The van der Waals surface area contributed by atoms with Crippen molar-refractivity contribution in [2.45, 2.75) is 19.4 Å². The quantitative estimate of drug-likeness (QED) is 0.937. The predicted molar refractivity (Wildman–Crippen MR) is 87.0 cm³/mol. The monoisotopic (exact) mass is 300 g/mol. The van der Waals surface area contributed by atoms with E-state index in [-0.39, 0.29) is 11.9 Å². The van der Waals surface area contributed by atoms with Gasteiger partial charge in [-0.05, 0) is 43.2 Å². The lowest BCUT2D eigenvalue weighted by Gasteiger charge is -2.26. The van der Waals surface area contributed by atoms with E-state index in [0.29, 0.717) is 5.02 Å². The van der Waals surface area contributed by atoms with E-state index in [1.54, 1.807) is 12.1 Å². The van der Waals surface area contributed by atoms with Crippen LogP contribution < -0.4 is 10.2 Å². The summed E-state index contributed by atoms with van der Waals surface area (Å²) in [5.74, 6) is -0.0195. The molecule has 0 aromatic heterocycles. The summed E-state index contributed by atoms with van der Waals surface area (Å²) in [6.45, 7) is 2.81. The molecular formula is C17H17ClN2O. The van der Waals surface area contributed by atoms with Crippen LogP contribution in [0.5, 0.6) is 0 Å². The van der Waals surface area contributed by atoms with Crippen molar-refractivity contribution in [2.75, 3.05) is 16.8 Å². The Balaban J connectivity index is 1.74. The fourth-order valence-corrected chi connectivity index (χ4v) is 2.91.